The minimum absolute atomic E-state index is 0.0476. The maximum absolute atomic E-state index is 12.6. The Balaban J connectivity index is 2.23. The van der Waals surface area contributed by atoms with Gasteiger partial charge in [0, 0.05) is 18.9 Å². The number of rotatable bonds is 4. The third-order valence-corrected chi connectivity index (χ3v) is 4.09. The number of aromatic nitrogens is 2. The summed E-state index contributed by atoms with van der Waals surface area (Å²) in [5.74, 6) is -0.140. The topological polar surface area (TPSA) is 67.2 Å². The predicted molar refractivity (Wildman–Crippen MR) is 74.9 cm³/mol. The van der Waals surface area contributed by atoms with Gasteiger partial charge in [-0.2, -0.15) is 5.10 Å². The van der Waals surface area contributed by atoms with Gasteiger partial charge in [-0.15, -0.1) is 0 Å². The van der Waals surface area contributed by atoms with Crippen LogP contribution in [0.5, 0.6) is 0 Å². The largest absolute Gasteiger partial charge is 0.340 e. The van der Waals surface area contributed by atoms with Crippen molar-refractivity contribution in [3.63, 3.8) is 0 Å². The van der Waals surface area contributed by atoms with E-state index in [0.29, 0.717) is 19.5 Å². The molecule has 1 unspecified atom stereocenters. The summed E-state index contributed by atoms with van der Waals surface area (Å²) < 4.78 is 1.77. The lowest BCUT2D eigenvalue weighted by Crippen LogP contribution is -2.73. The third kappa shape index (κ3) is 2.30. The van der Waals surface area contributed by atoms with E-state index in [-0.39, 0.29) is 11.8 Å². The van der Waals surface area contributed by atoms with E-state index in [4.69, 9.17) is 0 Å². The monoisotopic (exact) mass is 278 g/mol. The van der Waals surface area contributed by atoms with Crippen molar-refractivity contribution < 1.29 is 9.59 Å². The number of carbonyl (C=O) groups excluding carboxylic acids is 2. The fraction of sp³-hybridized carbons (Fsp3) is 0.643. The first-order valence-electron chi connectivity index (χ1n) is 6.93. The van der Waals surface area contributed by atoms with Crippen molar-refractivity contribution >= 4 is 11.8 Å². The summed E-state index contributed by atoms with van der Waals surface area (Å²) in [6, 6.07) is 1.84. The van der Waals surface area contributed by atoms with Crippen LogP contribution in [0, 0.1) is 0 Å². The van der Waals surface area contributed by atoms with Crippen molar-refractivity contribution in [2.75, 3.05) is 6.54 Å². The molecule has 1 aliphatic heterocycles. The first-order chi connectivity index (χ1) is 9.31. The standard InChI is InChI=1S/C14H22N4O2/c1-5-14(4)11(19)16-13(2,3)12(20)18(14)10-9-17-8-6-7-15-17/h6-8H,5,9-10H2,1-4H3,(H,16,19). The highest BCUT2D eigenvalue weighted by Crippen LogP contribution is 2.28. The van der Waals surface area contributed by atoms with E-state index in [1.54, 1.807) is 29.6 Å². The first kappa shape index (κ1) is 14.6. The number of hydrogen-bond acceptors (Lipinski definition) is 3. The second kappa shape index (κ2) is 4.92. The van der Waals surface area contributed by atoms with E-state index in [1.807, 2.05) is 26.1 Å². The van der Waals surface area contributed by atoms with Crippen molar-refractivity contribution in [3.05, 3.63) is 18.5 Å². The van der Waals surface area contributed by atoms with Gasteiger partial charge >= 0.3 is 0 Å². The molecule has 6 heteroatoms. The van der Waals surface area contributed by atoms with Crippen molar-refractivity contribution in [1.29, 1.82) is 0 Å². The molecule has 1 aromatic rings. The molecule has 110 valence electrons. The Morgan fingerprint density at radius 1 is 1.25 bits per heavy atom. The molecular weight excluding hydrogens is 256 g/mol. The Morgan fingerprint density at radius 3 is 2.50 bits per heavy atom. The van der Waals surface area contributed by atoms with Crippen LogP contribution in [0.1, 0.15) is 34.1 Å². The van der Waals surface area contributed by atoms with Gasteiger partial charge in [-0.25, -0.2) is 0 Å². The zero-order valence-corrected chi connectivity index (χ0v) is 12.5. The van der Waals surface area contributed by atoms with E-state index in [9.17, 15) is 9.59 Å². The Kier molecular flexibility index (Phi) is 3.58. The molecule has 1 saturated heterocycles. The average molecular weight is 278 g/mol. The zero-order chi connectivity index (χ0) is 15.0. The predicted octanol–water partition coefficient (Wildman–Crippen LogP) is 0.789. The van der Waals surface area contributed by atoms with Crippen LogP contribution in [0.25, 0.3) is 0 Å². The molecule has 1 aliphatic rings. The number of amides is 2. The summed E-state index contributed by atoms with van der Waals surface area (Å²) in [6.45, 7) is 8.27. The minimum Gasteiger partial charge on any atom is -0.340 e. The van der Waals surface area contributed by atoms with Gasteiger partial charge in [-0.1, -0.05) is 6.92 Å². The van der Waals surface area contributed by atoms with Crippen LogP contribution in [0.3, 0.4) is 0 Å². The highest BCUT2D eigenvalue weighted by Gasteiger charge is 2.51. The molecule has 0 spiro atoms. The summed E-state index contributed by atoms with van der Waals surface area (Å²) in [6.07, 6.45) is 4.14. The number of nitrogens with one attached hydrogen (secondary N) is 1. The molecule has 0 aliphatic carbocycles. The molecule has 1 N–H and O–H groups in total. The Bertz CT molecular complexity index is 509. The van der Waals surface area contributed by atoms with Crippen LogP contribution in [0.15, 0.2) is 18.5 Å². The molecule has 2 amide bonds. The molecule has 0 bridgehead atoms. The molecule has 20 heavy (non-hydrogen) atoms. The lowest BCUT2D eigenvalue weighted by molar-refractivity contribution is -0.161. The van der Waals surface area contributed by atoms with Gasteiger partial charge in [0.25, 0.3) is 0 Å². The minimum atomic E-state index is -0.851. The van der Waals surface area contributed by atoms with E-state index >= 15 is 0 Å². The zero-order valence-electron chi connectivity index (χ0n) is 12.5. The molecule has 1 fully saturated rings. The quantitative estimate of drug-likeness (QED) is 0.885. The van der Waals surface area contributed by atoms with Crippen LogP contribution in [-0.4, -0.2) is 44.1 Å². The lowest BCUT2D eigenvalue weighted by atomic mass is 9.86. The number of piperazine rings is 1. The average Bonchev–Trinajstić information content (AvgIpc) is 2.89. The number of carbonyl (C=O) groups is 2. The lowest BCUT2D eigenvalue weighted by Gasteiger charge is -2.48. The molecule has 2 heterocycles. The summed E-state index contributed by atoms with van der Waals surface area (Å²) in [7, 11) is 0. The van der Waals surface area contributed by atoms with Crippen LogP contribution < -0.4 is 5.32 Å². The fourth-order valence-electron chi connectivity index (χ4n) is 2.49. The molecule has 2 rings (SSSR count). The van der Waals surface area contributed by atoms with E-state index in [2.05, 4.69) is 10.4 Å². The number of nitrogens with zero attached hydrogens (tertiary/aromatic N) is 3. The molecular formula is C14H22N4O2. The van der Waals surface area contributed by atoms with Gasteiger partial charge in [0.15, 0.2) is 0 Å². The number of hydrogen-bond donors (Lipinski definition) is 1. The van der Waals surface area contributed by atoms with Gasteiger partial charge in [0.2, 0.25) is 11.8 Å². The van der Waals surface area contributed by atoms with Crippen molar-refractivity contribution in [2.45, 2.75) is 51.7 Å². The second-order valence-electron chi connectivity index (χ2n) is 5.93. The molecule has 0 radical (unpaired) electrons. The Morgan fingerprint density at radius 2 is 1.95 bits per heavy atom. The van der Waals surface area contributed by atoms with Crippen molar-refractivity contribution in [2.24, 2.45) is 0 Å². The SMILES string of the molecule is CCC1(C)C(=O)NC(C)(C)C(=O)N1CCn1cccn1. The summed E-state index contributed by atoms with van der Waals surface area (Å²) in [4.78, 5) is 26.6. The Hall–Kier alpha value is -1.85. The second-order valence-corrected chi connectivity index (χ2v) is 5.93. The van der Waals surface area contributed by atoms with E-state index < -0.39 is 11.1 Å². The summed E-state index contributed by atoms with van der Waals surface area (Å²) >= 11 is 0. The van der Waals surface area contributed by atoms with Crippen LogP contribution >= 0.6 is 0 Å². The van der Waals surface area contributed by atoms with Gasteiger partial charge < -0.3 is 10.2 Å². The maximum atomic E-state index is 12.6. The van der Waals surface area contributed by atoms with Gasteiger partial charge in [-0.3, -0.25) is 14.3 Å². The van der Waals surface area contributed by atoms with Gasteiger partial charge in [0.05, 0.1) is 6.54 Å². The smallest absolute Gasteiger partial charge is 0.248 e. The summed E-state index contributed by atoms with van der Waals surface area (Å²) in [5.41, 5.74) is -1.64. The normalized spacial score (nSPS) is 25.7. The molecule has 1 atom stereocenters. The molecule has 1 aromatic heterocycles. The van der Waals surface area contributed by atoms with E-state index in [1.165, 1.54) is 0 Å². The van der Waals surface area contributed by atoms with Gasteiger partial charge in [0.1, 0.15) is 11.1 Å². The van der Waals surface area contributed by atoms with Crippen LogP contribution in [0.4, 0.5) is 0 Å². The third-order valence-electron chi connectivity index (χ3n) is 4.09. The highest BCUT2D eigenvalue weighted by atomic mass is 16.2. The van der Waals surface area contributed by atoms with Crippen LogP contribution in [0.2, 0.25) is 0 Å². The van der Waals surface area contributed by atoms with Gasteiger partial charge in [-0.05, 0) is 33.3 Å². The molecule has 6 nitrogen and oxygen atoms in total. The molecule has 0 saturated carbocycles. The van der Waals surface area contributed by atoms with Crippen LogP contribution in [-0.2, 0) is 16.1 Å². The fourth-order valence-corrected chi connectivity index (χ4v) is 2.49. The molecule has 0 aromatic carbocycles. The van der Waals surface area contributed by atoms with Crippen molar-refractivity contribution in [1.82, 2.24) is 20.0 Å². The van der Waals surface area contributed by atoms with E-state index in [0.717, 1.165) is 0 Å². The maximum Gasteiger partial charge on any atom is 0.248 e. The van der Waals surface area contributed by atoms with Crippen molar-refractivity contribution in [3.8, 4) is 0 Å². The highest BCUT2D eigenvalue weighted by molar-refractivity contribution is 6.01. The Labute approximate surface area is 119 Å². The first-order valence-corrected chi connectivity index (χ1v) is 6.93. The summed E-state index contributed by atoms with van der Waals surface area (Å²) in [5, 5.41) is 6.95.